The molecule has 98 valence electrons. The fourth-order valence-electron chi connectivity index (χ4n) is 1.33. The molecule has 5 nitrogen and oxygen atoms in total. The number of urea groups is 1. The lowest BCUT2D eigenvalue weighted by molar-refractivity contribution is -0.137. The number of hydrogen-bond acceptors (Lipinski definition) is 2. The Hall–Kier alpha value is -1.52. The molecule has 0 saturated heterocycles. The van der Waals surface area contributed by atoms with Crippen LogP contribution in [0.3, 0.4) is 0 Å². The highest BCUT2D eigenvalue weighted by molar-refractivity contribution is 5.75. The number of rotatable bonds is 7. The lowest BCUT2D eigenvalue weighted by Gasteiger charge is -2.27. The van der Waals surface area contributed by atoms with E-state index < -0.39 is 5.97 Å². The Labute approximate surface area is 102 Å². The van der Waals surface area contributed by atoms with Crippen LogP contribution < -0.4 is 5.32 Å². The lowest BCUT2D eigenvalue weighted by Crippen LogP contribution is -2.47. The van der Waals surface area contributed by atoms with E-state index in [4.69, 9.17) is 5.11 Å². The zero-order chi connectivity index (χ0) is 13.4. The second-order valence-electron chi connectivity index (χ2n) is 4.26. The van der Waals surface area contributed by atoms with Gasteiger partial charge in [0, 0.05) is 25.0 Å². The molecule has 1 atom stereocenters. The third-order valence-electron chi connectivity index (χ3n) is 2.38. The first-order valence-electron chi connectivity index (χ1n) is 5.80. The van der Waals surface area contributed by atoms with Gasteiger partial charge in [-0.1, -0.05) is 6.08 Å². The summed E-state index contributed by atoms with van der Waals surface area (Å²) in [5, 5.41) is 11.3. The summed E-state index contributed by atoms with van der Waals surface area (Å²) in [5.74, 6) is -0.839. The van der Waals surface area contributed by atoms with Crippen LogP contribution in [0.1, 0.15) is 33.6 Å². The number of aliphatic carboxylic acids is 1. The predicted octanol–water partition coefficient (Wildman–Crippen LogP) is 1.85. The van der Waals surface area contributed by atoms with E-state index in [1.54, 1.807) is 11.0 Å². The van der Waals surface area contributed by atoms with Crippen LogP contribution in [0.2, 0.25) is 0 Å². The van der Waals surface area contributed by atoms with Crippen LogP contribution in [-0.4, -0.2) is 40.6 Å². The van der Waals surface area contributed by atoms with Crippen molar-refractivity contribution in [3.63, 3.8) is 0 Å². The molecule has 2 N–H and O–H groups in total. The number of carbonyl (C=O) groups excluding carboxylic acids is 1. The molecular formula is C12H22N2O3. The van der Waals surface area contributed by atoms with Crippen LogP contribution in [0.4, 0.5) is 4.79 Å². The van der Waals surface area contributed by atoms with Crippen molar-refractivity contribution in [2.75, 3.05) is 6.54 Å². The highest BCUT2D eigenvalue weighted by Crippen LogP contribution is 2.03. The summed E-state index contributed by atoms with van der Waals surface area (Å²) >= 11 is 0. The van der Waals surface area contributed by atoms with Crippen molar-refractivity contribution in [2.24, 2.45) is 0 Å². The Bertz CT molecular complexity index is 277. The SMILES string of the molecule is C=CC(C)NC(=O)N(CCCC(=O)O)C(C)C. The summed E-state index contributed by atoms with van der Waals surface area (Å²) in [6.07, 6.45) is 2.19. The van der Waals surface area contributed by atoms with Gasteiger partial charge in [-0.05, 0) is 27.2 Å². The molecule has 2 amide bonds. The number of nitrogens with one attached hydrogen (secondary N) is 1. The average Bonchev–Trinajstić information content (AvgIpc) is 2.22. The summed E-state index contributed by atoms with van der Waals surface area (Å²) in [6, 6.07) is -0.234. The van der Waals surface area contributed by atoms with E-state index in [9.17, 15) is 9.59 Å². The van der Waals surface area contributed by atoms with Gasteiger partial charge in [-0.25, -0.2) is 4.79 Å². The number of carboxylic acid groups (broad SMARTS) is 1. The second-order valence-corrected chi connectivity index (χ2v) is 4.26. The van der Waals surface area contributed by atoms with Gasteiger partial charge in [-0.3, -0.25) is 4.79 Å². The van der Waals surface area contributed by atoms with Crippen LogP contribution >= 0.6 is 0 Å². The number of carboxylic acids is 1. The summed E-state index contributed by atoms with van der Waals surface area (Å²) in [6.45, 7) is 9.67. The molecule has 0 rings (SSSR count). The van der Waals surface area contributed by atoms with E-state index in [0.29, 0.717) is 13.0 Å². The van der Waals surface area contributed by atoms with Crippen molar-refractivity contribution >= 4 is 12.0 Å². The smallest absolute Gasteiger partial charge is 0.318 e. The minimum atomic E-state index is -0.839. The highest BCUT2D eigenvalue weighted by Gasteiger charge is 2.17. The van der Waals surface area contributed by atoms with Gasteiger partial charge >= 0.3 is 12.0 Å². The van der Waals surface area contributed by atoms with E-state index in [2.05, 4.69) is 11.9 Å². The van der Waals surface area contributed by atoms with Crippen LogP contribution in [0.15, 0.2) is 12.7 Å². The zero-order valence-electron chi connectivity index (χ0n) is 10.8. The van der Waals surface area contributed by atoms with Gasteiger partial charge < -0.3 is 15.3 Å². The molecule has 0 aliphatic carbocycles. The van der Waals surface area contributed by atoms with Crippen molar-refractivity contribution in [1.82, 2.24) is 10.2 Å². The largest absolute Gasteiger partial charge is 0.481 e. The van der Waals surface area contributed by atoms with Gasteiger partial charge in [-0.2, -0.15) is 0 Å². The quantitative estimate of drug-likeness (QED) is 0.669. The molecule has 0 saturated carbocycles. The highest BCUT2D eigenvalue weighted by atomic mass is 16.4. The molecule has 0 heterocycles. The molecule has 0 fully saturated rings. The van der Waals surface area contributed by atoms with Gasteiger partial charge in [0.15, 0.2) is 0 Å². The first kappa shape index (κ1) is 15.5. The number of amides is 2. The van der Waals surface area contributed by atoms with Crippen molar-refractivity contribution in [2.45, 2.75) is 45.7 Å². The van der Waals surface area contributed by atoms with Gasteiger partial charge in [0.05, 0.1) is 0 Å². The van der Waals surface area contributed by atoms with Crippen LogP contribution in [-0.2, 0) is 4.79 Å². The van der Waals surface area contributed by atoms with Crippen molar-refractivity contribution in [3.8, 4) is 0 Å². The van der Waals surface area contributed by atoms with Gasteiger partial charge in [0.25, 0.3) is 0 Å². The third kappa shape index (κ3) is 6.60. The molecular weight excluding hydrogens is 220 g/mol. The Morgan fingerprint density at radius 2 is 2.00 bits per heavy atom. The fraction of sp³-hybridized carbons (Fsp3) is 0.667. The molecule has 0 radical (unpaired) electrons. The molecule has 0 aromatic carbocycles. The normalized spacial score (nSPS) is 12.0. The molecule has 0 aliphatic rings. The topological polar surface area (TPSA) is 69.6 Å². The van der Waals surface area contributed by atoms with E-state index in [0.717, 1.165) is 0 Å². The first-order chi connectivity index (χ1) is 7.88. The van der Waals surface area contributed by atoms with Gasteiger partial charge in [-0.15, -0.1) is 6.58 Å². The second kappa shape index (κ2) is 7.70. The van der Waals surface area contributed by atoms with Crippen LogP contribution in [0.5, 0.6) is 0 Å². The van der Waals surface area contributed by atoms with Crippen molar-refractivity contribution < 1.29 is 14.7 Å². The van der Waals surface area contributed by atoms with E-state index in [1.165, 1.54) is 0 Å². The van der Waals surface area contributed by atoms with Crippen molar-refractivity contribution in [1.29, 1.82) is 0 Å². The maximum absolute atomic E-state index is 11.8. The Morgan fingerprint density at radius 1 is 1.41 bits per heavy atom. The molecule has 0 spiro atoms. The Balaban J connectivity index is 4.26. The third-order valence-corrected chi connectivity index (χ3v) is 2.38. The molecule has 0 aromatic rings. The maximum Gasteiger partial charge on any atom is 0.318 e. The summed E-state index contributed by atoms with van der Waals surface area (Å²) in [5.41, 5.74) is 0. The van der Waals surface area contributed by atoms with E-state index in [1.807, 2.05) is 20.8 Å². The van der Waals surface area contributed by atoms with Crippen LogP contribution in [0, 0.1) is 0 Å². The average molecular weight is 242 g/mol. The predicted molar refractivity (Wildman–Crippen MR) is 66.9 cm³/mol. The van der Waals surface area contributed by atoms with E-state index >= 15 is 0 Å². The van der Waals surface area contributed by atoms with Crippen molar-refractivity contribution in [3.05, 3.63) is 12.7 Å². The maximum atomic E-state index is 11.8. The molecule has 5 heteroatoms. The van der Waals surface area contributed by atoms with Gasteiger partial charge in [0.2, 0.25) is 0 Å². The minimum Gasteiger partial charge on any atom is -0.481 e. The molecule has 1 unspecified atom stereocenters. The zero-order valence-corrected chi connectivity index (χ0v) is 10.8. The van der Waals surface area contributed by atoms with Gasteiger partial charge in [0.1, 0.15) is 0 Å². The fourth-order valence-corrected chi connectivity index (χ4v) is 1.33. The molecule has 0 aliphatic heterocycles. The van der Waals surface area contributed by atoms with Crippen LogP contribution in [0.25, 0.3) is 0 Å². The number of nitrogens with zero attached hydrogens (tertiary/aromatic N) is 1. The number of hydrogen-bond donors (Lipinski definition) is 2. The molecule has 0 bridgehead atoms. The monoisotopic (exact) mass is 242 g/mol. The molecule has 17 heavy (non-hydrogen) atoms. The number of carbonyl (C=O) groups is 2. The summed E-state index contributed by atoms with van der Waals surface area (Å²) < 4.78 is 0. The molecule has 0 aromatic heterocycles. The standard InChI is InChI=1S/C12H22N2O3/c1-5-10(4)13-12(17)14(9(2)3)8-6-7-11(15)16/h5,9-10H,1,6-8H2,2-4H3,(H,13,17)(H,15,16). The summed E-state index contributed by atoms with van der Waals surface area (Å²) in [4.78, 5) is 23.9. The Kier molecular flexibility index (Phi) is 7.02. The minimum absolute atomic E-state index is 0.0424. The van der Waals surface area contributed by atoms with E-state index in [-0.39, 0.29) is 24.5 Å². The Morgan fingerprint density at radius 3 is 2.41 bits per heavy atom. The first-order valence-corrected chi connectivity index (χ1v) is 5.80. The lowest BCUT2D eigenvalue weighted by atomic mass is 10.2. The summed E-state index contributed by atoms with van der Waals surface area (Å²) in [7, 11) is 0.